The van der Waals surface area contributed by atoms with Gasteiger partial charge >= 0.3 is 0 Å². The lowest BCUT2D eigenvalue weighted by Gasteiger charge is -2.38. The largest absolute Gasteiger partial charge is 0.345 e. The number of nitro groups is 1. The van der Waals surface area contributed by atoms with E-state index < -0.39 is 10.5 Å². The van der Waals surface area contributed by atoms with Gasteiger partial charge in [-0.25, -0.2) is 0 Å². The van der Waals surface area contributed by atoms with Crippen molar-refractivity contribution < 1.29 is 9.72 Å². The quantitative estimate of drug-likeness (QED) is 0.636. The summed E-state index contributed by atoms with van der Waals surface area (Å²) in [4.78, 5) is 25.4. The molecule has 0 radical (unpaired) electrons. The van der Waals surface area contributed by atoms with Gasteiger partial charge in [0.05, 0.1) is 28.5 Å². The first kappa shape index (κ1) is 17.6. The maximum absolute atomic E-state index is 12.2. The molecular formula is C17H15N5O3S. The van der Waals surface area contributed by atoms with E-state index in [0.717, 1.165) is 0 Å². The molecule has 9 heteroatoms. The molecule has 1 aromatic carbocycles. The molecule has 0 spiro atoms. The van der Waals surface area contributed by atoms with Crippen LogP contribution in [-0.2, 0) is 10.3 Å². The lowest BCUT2D eigenvalue weighted by atomic mass is 9.93. The molecule has 1 aliphatic rings. The van der Waals surface area contributed by atoms with Crippen molar-refractivity contribution in [3.8, 4) is 16.5 Å². The second kappa shape index (κ2) is 6.24. The number of nitrogens with zero attached hydrogens (tertiary/aromatic N) is 3. The number of nitriles is 1. The summed E-state index contributed by atoms with van der Waals surface area (Å²) in [6, 6.07) is 10.1. The molecule has 1 aliphatic heterocycles. The van der Waals surface area contributed by atoms with E-state index in [2.05, 4.69) is 5.32 Å². The third kappa shape index (κ3) is 2.91. The number of nitrogens with one attached hydrogen (secondary N) is 2. The molecule has 1 atom stereocenters. The number of rotatable bonds is 3. The van der Waals surface area contributed by atoms with Crippen LogP contribution in [-0.4, -0.2) is 28.7 Å². The third-order valence-corrected chi connectivity index (χ3v) is 5.75. The Morgan fingerprint density at radius 3 is 2.81 bits per heavy atom. The molecule has 2 aromatic rings. The number of thiophene rings is 1. The van der Waals surface area contributed by atoms with Crippen molar-refractivity contribution in [2.45, 2.75) is 18.9 Å². The van der Waals surface area contributed by atoms with Gasteiger partial charge in [0, 0.05) is 18.0 Å². The van der Waals surface area contributed by atoms with Crippen LogP contribution in [0.25, 0.3) is 10.4 Å². The first-order valence-corrected chi connectivity index (χ1v) is 8.49. The second-order valence-electron chi connectivity index (χ2n) is 6.21. The molecule has 1 aromatic heterocycles. The van der Waals surface area contributed by atoms with E-state index in [0.29, 0.717) is 20.9 Å². The van der Waals surface area contributed by atoms with Gasteiger partial charge in [-0.1, -0.05) is 12.1 Å². The first-order valence-electron chi connectivity index (χ1n) is 7.67. The Morgan fingerprint density at radius 1 is 1.46 bits per heavy atom. The minimum atomic E-state index is -0.902. The van der Waals surface area contributed by atoms with Crippen molar-refractivity contribution in [1.82, 2.24) is 10.2 Å². The van der Waals surface area contributed by atoms with Crippen LogP contribution >= 0.6 is 11.3 Å². The van der Waals surface area contributed by atoms with Gasteiger partial charge in [-0.3, -0.25) is 25.2 Å². The van der Waals surface area contributed by atoms with E-state index in [1.165, 1.54) is 29.4 Å². The van der Waals surface area contributed by atoms with Crippen molar-refractivity contribution in [3.05, 3.63) is 50.9 Å². The van der Waals surface area contributed by atoms with Crippen LogP contribution in [0.1, 0.15) is 23.8 Å². The average Bonchev–Trinajstić information content (AvgIpc) is 3.06. The molecule has 2 heterocycles. The van der Waals surface area contributed by atoms with Crippen LogP contribution in [0.2, 0.25) is 0 Å². The SMILES string of the molecule is CN1C(=N)N[C@](C)(c2cc([N+](=O)[O-])c(-c3cccc(C#N)c3)s2)CC1=O. The van der Waals surface area contributed by atoms with Gasteiger partial charge in [0.15, 0.2) is 5.96 Å². The molecule has 0 bridgehead atoms. The molecule has 1 amide bonds. The Bertz CT molecular complexity index is 957. The van der Waals surface area contributed by atoms with Gasteiger partial charge in [-0.05, 0) is 24.6 Å². The number of benzene rings is 1. The average molecular weight is 369 g/mol. The van der Waals surface area contributed by atoms with Crippen LogP contribution in [0.3, 0.4) is 0 Å². The summed E-state index contributed by atoms with van der Waals surface area (Å²) in [6.45, 7) is 1.75. The highest BCUT2D eigenvalue weighted by molar-refractivity contribution is 7.16. The zero-order valence-electron chi connectivity index (χ0n) is 14.1. The highest BCUT2D eigenvalue weighted by Crippen LogP contribution is 2.44. The lowest BCUT2D eigenvalue weighted by molar-refractivity contribution is -0.383. The number of carbonyl (C=O) groups excluding carboxylic acids is 1. The predicted octanol–water partition coefficient (Wildman–Crippen LogP) is 2.80. The minimum Gasteiger partial charge on any atom is -0.345 e. The van der Waals surface area contributed by atoms with E-state index in [9.17, 15) is 14.9 Å². The summed E-state index contributed by atoms with van der Waals surface area (Å²) in [5.41, 5.74) is -0.000406. The smallest absolute Gasteiger partial charge is 0.288 e. The summed E-state index contributed by atoms with van der Waals surface area (Å²) >= 11 is 1.19. The molecule has 1 fully saturated rings. The van der Waals surface area contributed by atoms with Crippen molar-refractivity contribution in [2.75, 3.05) is 7.05 Å². The van der Waals surface area contributed by atoms with Gasteiger partial charge in [0.2, 0.25) is 5.91 Å². The van der Waals surface area contributed by atoms with Gasteiger partial charge in [-0.2, -0.15) is 5.26 Å². The summed E-state index contributed by atoms with van der Waals surface area (Å²) in [6.07, 6.45) is 0.0845. The predicted molar refractivity (Wildman–Crippen MR) is 96.7 cm³/mol. The maximum Gasteiger partial charge on any atom is 0.288 e. The van der Waals surface area contributed by atoms with Gasteiger partial charge in [0.25, 0.3) is 5.69 Å². The summed E-state index contributed by atoms with van der Waals surface area (Å²) in [5, 5.41) is 31.5. The number of guanidine groups is 1. The Kier molecular flexibility index (Phi) is 4.21. The molecule has 3 rings (SSSR count). The molecule has 0 unspecified atom stereocenters. The Morgan fingerprint density at radius 2 is 2.19 bits per heavy atom. The van der Waals surface area contributed by atoms with Crippen molar-refractivity contribution in [2.24, 2.45) is 0 Å². The third-order valence-electron chi connectivity index (χ3n) is 4.32. The Labute approximate surface area is 153 Å². The molecule has 0 saturated carbocycles. The molecule has 2 N–H and O–H groups in total. The van der Waals surface area contributed by atoms with E-state index in [4.69, 9.17) is 10.7 Å². The normalized spacial score (nSPS) is 19.8. The fraction of sp³-hybridized carbons (Fsp3) is 0.235. The van der Waals surface area contributed by atoms with Crippen LogP contribution in [0.15, 0.2) is 30.3 Å². The topological polar surface area (TPSA) is 123 Å². The van der Waals surface area contributed by atoms with Crippen LogP contribution in [0.4, 0.5) is 5.69 Å². The highest BCUT2D eigenvalue weighted by atomic mass is 32.1. The van der Waals surface area contributed by atoms with Crippen LogP contribution in [0, 0.1) is 26.9 Å². The van der Waals surface area contributed by atoms with Gasteiger partial charge in [-0.15, -0.1) is 11.3 Å². The van der Waals surface area contributed by atoms with Gasteiger partial charge < -0.3 is 5.32 Å². The standard InChI is InChI=1S/C17H15N5O3S/c1-17(8-14(23)21(2)16(19)20-17)13-7-12(22(24)25)15(26-13)11-5-3-4-10(6-11)9-18/h3-7H,8H2,1-2H3,(H2,19,20)/t17-/m0/s1. The van der Waals surface area contributed by atoms with Crippen molar-refractivity contribution >= 4 is 28.9 Å². The fourth-order valence-electron chi connectivity index (χ4n) is 2.81. The maximum atomic E-state index is 12.2. The summed E-state index contributed by atoms with van der Waals surface area (Å²) in [7, 11) is 1.51. The van der Waals surface area contributed by atoms with E-state index in [1.807, 2.05) is 6.07 Å². The molecule has 26 heavy (non-hydrogen) atoms. The molecule has 8 nitrogen and oxygen atoms in total. The zero-order valence-corrected chi connectivity index (χ0v) is 14.9. The number of carbonyl (C=O) groups is 1. The number of hydrogen-bond donors (Lipinski definition) is 2. The summed E-state index contributed by atoms with van der Waals surface area (Å²) in [5.74, 6) is -0.284. The first-order chi connectivity index (χ1) is 12.2. The van der Waals surface area contributed by atoms with Crippen LogP contribution in [0.5, 0.6) is 0 Å². The van der Waals surface area contributed by atoms with E-state index >= 15 is 0 Å². The van der Waals surface area contributed by atoms with E-state index in [-0.39, 0.29) is 24.0 Å². The fourth-order valence-corrected chi connectivity index (χ4v) is 4.03. The van der Waals surface area contributed by atoms with Crippen LogP contribution < -0.4 is 5.32 Å². The Hall–Kier alpha value is -3.25. The zero-order chi connectivity index (χ0) is 19.1. The van der Waals surface area contributed by atoms with Crippen molar-refractivity contribution in [1.29, 1.82) is 10.7 Å². The number of amides is 1. The minimum absolute atomic E-state index is 0.0483. The monoisotopic (exact) mass is 369 g/mol. The molecular weight excluding hydrogens is 354 g/mol. The number of hydrogen-bond acceptors (Lipinski definition) is 6. The lowest BCUT2D eigenvalue weighted by Crippen LogP contribution is -2.57. The van der Waals surface area contributed by atoms with Gasteiger partial charge in [0.1, 0.15) is 4.88 Å². The second-order valence-corrected chi connectivity index (χ2v) is 7.26. The van der Waals surface area contributed by atoms with E-state index in [1.54, 1.807) is 31.2 Å². The molecule has 0 aliphatic carbocycles. The van der Waals surface area contributed by atoms with Crippen molar-refractivity contribution in [3.63, 3.8) is 0 Å². The summed E-state index contributed by atoms with van der Waals surface area (Å²) < 4.78 is 0. The molecule has 1 saturated heterocycles. The molecule has 132 valence electrons. The Balaban J connectivity index is 2.11. The highest BCUT2D eigenvalue weighted by Gasteiger charge is 2.40.